The predicted octanol–water partition coefficient (Wildman–Crippen LogP) is 1.79. The highest BCUT2D eigenvalue weighted by atomic mass is 16.2. The number of carbonyl (C=O) groups excluding carboxylic acids is 1. The van der Waals surface area contributed by atoms with Gasteiger partial charge in [-0.2, -0.15) is 0 Å². The molecule has 5 nitrogen and oxygen atoms in total. The van der Waals surface area contributed by atoms with E-state index in [4.69, 9.17) is 5.73 Å². The van der Waals surface area contributed by atoms with E-state index < -0.39 is 0 Å². The molecule has 0 aliphatic rings. The molecule has 0 bridgehead atoms. The van der Waals surface area contributed by atoms with Crippen LogP contribution in [0.2, 0.25) is 0 Å². The van der Waals surface area contributed by atoms with Crippen molar-refractivity contribution in [2.75, 3.05) is 12.8 Å². The molecule has 1 heterocycles. The summed E-state index contributed by atoms with van der Waals surface area (Å²) in [5, 5.41) is 0. The number of nitrogens with zero attached hydrogens (tertiary/aromatic N) is 1. The van der Waals surface area contributed by atoms with Gasteiger partial charge in [-0.05, 0) is 24.6 Å². The van der Waals surface area contributed by atoms with E-state index in [1.54, 1.807) is 13.1 Å². The monoisotopic (exact) mass is 271 g/mol. The molecule has 0 aliphatic carbocycles. The van der Waals surface area contributed by atoms with Crippen LogP contribution in [-0.4, -0.2) is 22.8 Å². The average molecular weight is 271 g/mol. The predicted molar refractivity (Wildman–Crippen MR) is 78.4 cm³/mol. The maximum Gasteiger partial charge on any atom is 0.259 e. The van der Waals surface area contributed by atoms with Gasteiger partial charge in [-0.1, -0.05) is 12.1 Å². The molecule has 1 aromatic carbocycles. The van der Waals surface area contributed by atoms with E-state index in [2.05, 4.69) is 4.98 Å². The molecule has 5 heteroatoms. The van der Waals surface area contributed by atoms with Crippen molar-refractivity contribution in [2.24, 2.45) is 0 Å². The second kappa shape index (κ2) is 5.61. The van der Waals surface area contributed by atoms with Crippen LogP contribution in [0.4, 0.5) is 5.69 Å². The Balaban J connectivity index is 2.27. The van der Waals surface area contributed by atoms with Gasteiger partial charge in [0.1, 0.15) is 5.56 Å². The van der Waals surface area contributed by atoms with Crippen molar-refractivity contribution in [1.29, 1.82) is 0 Å². The van der Waals surface area contributed by atoms with Gasteiger partial charge in [0, 0.05) is 31.2 Å². The normalized spacial score (nSPS) is 11.9. The van der Waals surface area contributed by atoms with Crippen LogP contribution in [0, 0.1) is 0 Å². The maximum atomic E-state index is 12.3. The van der Waals surface area contributed by atoms with E-state index in [-0.39, 0.29) is 22.9 Å². The van der Waals surface area contributed by atoms with Crippen LogP contribution < -0.4 is 11.2 Å². The van der Waals surface area contributed by atoms with Crippen LogP contribution >= 0.6 is 0 Å². The fourth-order valence-electron chi connectivity index (χ4n) is 1.99. The lowest BCUT2D eigenvalue weighted by Crippen LogP contribution is -2.33. The molecule has 1 atom stereocenters. The lowest BCUT2D eigenvalue weighted by Gasteiger charge is -2.25. The van der Waals surface area contributed by atoms with Gasteiger partial charge in [-0.15, -0.1) is 0 Å². The third-order valence-corrected chi connectivity index (χ3v) is 3.35. The van der Waals surface area contributed by atoms with Gasteiger partial charge in [0.2, 0.25) is 0 Å². The van der Waals surface area contributed by atoms with E-state index in [1.807, 2.05) is 25.1 Å². The summed E-state index contributed by atoms with van der Waals surface area (Å²) in [6.07, 6.45) is 2.92. The number of aromatic nitrogens is 1. The van der Waals surface area contributed by atoms with E-state index in [0.29, 0.717) is 5.69 Å². The van der Waals surface area contributed by atoms with Crippen LogP contribution in [0.5, 0.6) is 0 Å². The van der Waals surface area contributed by atoms with Crippen LogP contribution in [-0.2, 0) is 0 Å². The summed E-state index contributed by atoms with van der Waals surface area (Å²) in [7, 11) is 1.67. The van der Waals surface area contributed by atoms with E-state index in [0.717, 1.165) is 5.56 Å². The SMILES string of the molecule is CC(c1cccc(N)c1)N(C)C(=O)c1c[nH]ccc1=O. The summed E-state index contributed by atoms with van der Waals surface area (Å²) in [4.78, 5) is 28.3. The van der Waals surface area contributed by atoms with Crippen molar-refractivity contribution < 1.29 is 4.79 Å². The number of aromatic amines is 1. The number of anilines is 1. The number of rotatable bonds is 3. The highest BCUT2D eigenvalue weighted by Crippen LogP contribution is 2.21. The van der Waals surface area contributed by atoms with Crippen LogP contribution in [0.1, 0.15) is 28.9 Å². The molecule has 0 spiro atoms. The fraction of sp³-hybridized carbons (Fsp3) is 0.200. The first-order chi connectivity index (χ1) is 9.50. The zero-order chi connectivity index (χ0) is 14.7. The van der Waals surface area contributed by atoms with E-state index in [1.165, 1.54) is 23.4 Å². The number of pyridine rings is 1. The zero-order valence-corrected chi connectivity index (χ0v) is 11.5. The molecular weight excluding hydrogens is 254 g/mol. The second-order valence-electron chi connectivity index (χ2n) is 4.68. The van der Waals surface area contributed by atoms with Crippen LogP contribution in [0.25, 0.3) is 0 Å². The van der Waals surface area contributed by atoms with Crippen molar-refractivity contribution in [3.63, 3.8) is 0 Å². The van der Waals surface area contributed by atoms with Crippen LogP contribution in [0.15, 0.2) is 47.5 Å². The Labute approximate surface area is 117 Å². The first kappa shape index (κ1) is 13.9. The maximum absolute atomic E-state index is 12.3. The molecule has 20 heavy (non-hydrogen) atoms. The number of benzene rings is 1. The molecule has 0 saturated heterocycles. The minimum absolute atomic E-state index is 0.130. The Hall–Kier alpha value is -2.56. The highest BCUT2D eigenvalue weighted by Gasteiger charge is 2.20. The number of hydrogen-bond acceptors (Lipinski definition) is 3. The lowest BCUT2D eigenvalue weighted by molar-refractivity contribution is 0.0741. The Morgan fingerprint density at radius 1 is 1.35 bits per heavy atom. The lowest BCUT2D eigenvalue weighted by atomic mass is 10.1. The van der Waals surface area contributed by atoms with Gasteiger partial charge in [0.15, 0.2) is 5.43 Å². The number of hydrogen-bond donors (Lipinski definition) is 2. The van der Waals surface area contributed by atoms with Crippen molar-refractivity contribution in [2.45, 2.75) is 13.0 Å². The number of carbonyl (C=O) groups is 1. The number of nitrogen functional groups attached to an aromatic ring is 1. The van der Waals surface area contributed by atoms with Crippen molar-refractivity contribution in [3.8, 4) is 0 Å². The quantitative estimate of drug-likeness (QED) is 0.835. The van der Waals surface area contributed by atoms with Gasteiger partial charge in [-0.25, -0.2) is 0 Å². The molecule has 1 aromatic heterocycles. The third-order valence-electron chi connectivity index (χ3n) is 3.35. The fourth-order valence-corrected chi connectivity index (χ4v) is 1.99. The summed E-state index contributed by atoms with van der Waals surface area (Å²) in [6, 6.07) is 8.52. The topological polar surface area (TPSA) is 79.2 Å². The van der Waals surface area contributed by atoms with E-state index in [9.17, 15) is 9.59 Å². The molecule has 104 valence electrons. The summed E-state index contributed by atoms with van der Waals surface area (Å²) in [6.45, 7) is 1.89. The Morgan fingerprint density at radius 2 is 2.10 bits per heavy atom. The minimum Gasteiger partial charge on any atom is -0.399 e. The Morgan fingerprint density at radius 3 is 2.75 bits per heavy atom. The van der Waals surface area contributed by atoms with Crippen molar-refractivity contribution in [3.05, 3.63) is 64.1 Å². The Bertz CT molecular complexity index is 679. The third kappa shape index (κ3) is 2.71. The molecule has 2 rings (SSSR count). The van der Waals surface area contributed by atoms with E-state index >= 15 is 0 Å². The number of H-pyrrole nitrogens is 1. The molecule has 1 amide bonds. The standard InChI is InChI=1S/C15H17N3O2/c1-10(11-4-3-5-12(16)8-11)18(2)15(20)13-9-17-7-6-14(13)19/h3-10H,16H2,1-2H3,(H,17,19). The molecular formula is C15H17N3O2. The molecule has 1 unspecified atom stereocenters. The van der Waals surface area contributed by atoms with Gasteiger partial charge >= 0.3 is 0 Å². The van der Waals surface area contributed by atoms with Crippen LogP contribution in [0.3, 0.4) is 0 Å². The largest absolute Gasteiger partial charge is 0.399 e. The van der Waals surface area contributed by atoms with Gasteiger partial charge in [-0.3, -0.25) is 9.59 Å². The first-order valence-corrected chi connectivity index (χ1v) is 6.30. The number of nitrogens with one attached hydrogen (secondary N) is 1. The van der Waals surface area contributed by atoms with Gasteiger partial charge < -0.3 is 15.6 Å². The molecule has 0 fully saturated rings. The van der Waals surface area contributed by atoms with Gasteiger partial charge in [0.25, 0.3) is 5.91 Å². The highest BCUT2D eigenvalue weighted by molar-refractivity contribution is 5.93. The second-order valence-corrected chi connectivity index (χ2v) is 4.68. The first-order valence-electron chi connectivity index (χ1n) is 6.30. The summed E-state index contributed by atoms with van der Waals surface area (Å²) in [5.74, 6) is -0.318. The number of nitrogens with two attached hydrogens (primary N) is 1. The molecule has 0 saturated carbocycles. The number of amides is 1. The van der Waals surface area contributed by atoms with Gasteiger partial charge in [0.05, 0.1) is 6.04 Å². The molecule has 3 N–H and O–H groups in total. The minimum atomic E-state index is -0.318. The van der Waals surface area contributed by atoms with Crippen molar-refractivity contribution in [1.82, 2.24) is 9.88 Å². The summed E-state index contributed by atoms with van der Waals surface area (Å²) < 4.78 is 0. The van der Waals surface area contributed by atoms with Crippen molar-refractivity contribution >= 4 is 11.6 Å². The summed E-state index contributed by atoms with van der Waals surface area (Å²) in [5.41, 5.74) is 7.16. The summed E-state index contributed by atoms with van der Waals surface area (Å²) >= 11 is 0. The zero-order valence-electron chi connectivity index (χ0n) is 11.5. The molecule has 2 aromatic rings. The Kier molecular flexibility index (Phi) is 3.89. The molecule has 0 radical (unpaired) electrons. The average Bonchev–Trinajstić information content (AvgIpc) is 2.45. The molecule has 0 aliphatic heterocycles. The smallest absolute Gasteiger partial charge is 0.259 e.